The summed E-state index contributed by atoms with van der Waals surface area (Å²) in [5.74, 6) is 6.14. The van der Waals surface area contributed by atoms with Crippen LogP contribution in [0.3, 0.4) is 0 Å². The number of thiophene rings is 1. The fourth-order valence-corrected chi connectivity index (χ4v) is 3.16. The first-order valence-corrected chi connectivity index (χ1v) is 7.15. The number of halogens is 1. The maximum absolute atomic E-state index is 12.7. The molecule has 0 atom stereocenters. The largest absolute Gasteiger partial charge is 0.384 e. The van der Waals surface area contributed by atoms with Crippen LogP contribution in [0.1, 0.15) is 9.75 Å². The van der Waals surface area contributed by atoms with Crippen molar-refractivity contribution in [3.63, 3.8) is 0 Å². The monoisotopic (exact) mass is 278 g/mol. The zero-order chi connectivity index (χ0) is 12.8. The first-order chi connectivity index (χ1) is 8.78. The third kappa shape index (κ3) is 3.88. The van der Waals surface area contributed by atoms with Gasteiger partial charge >= 0.3 is 0 Å². The SMILES string of the molecule is OCC#Cc1ccc(CSc2ccc(F)cc2)s1. The predicted molar refractivity (Wildman–Crippen MR) is 74.2 cm³/mol. The van der Waals surface area contributed by atoms with Crippen molar-refractivity contribution in [1.29, 1.82) is 0 Å². The van der Waals surface area contributed by atoms with Gasteiger partial charge in [-0.1, -0.05) is 11.8 Å². The molecule has 0 amide bonds. The van der Waals surface area contributed by atoms with Crippen LogP contribution in [-0.4, -0.2) is 11.7 Å². The molecule has 1 heterocycles. The number of aliphatic hydroxyl groups excluding tert-OH is 1. The topological polar surface area (TPSA) is 20.2 Å². The van der Waals surface area contributed by atoms with Crippen LogP contribution in [0.25, 0.3) is 0 Å². The first-order valence-electron chi connectivity index (χ1n) is 5.35. The van der Waals surface area contributed by atoms with Crippen LogP contribution >= 0.6 is 23.1 Å². The quantitative estimate of drug-likeness (QED) is 0.684. The molecule has 0 aliphatic rings. The number of hydrogen-bond donors (Lipinski definition) is 1. The van der Waals surface area contributed by atoms with Crippen LogP contribution < -0.4 is 0 Å². The molecule has 1 N–H and O–H groups in total. The molecule has 1 aromatic heterocycles. The van der Waals surface area contributed by atoms with E-state index in [-0.39, 0.29) is 12.4 Å². The summed E-state index contributed by atoms with van der Waals surface area (Å²) in [6.07, 6.45) is 0. The highest BCUT2D eigenvalue weighted by atomic mass is 32.2. The summed E-state index contributed by atoms with van der Waals surface area (Å²) in [6.45, 7) is -0.114. The Morgan fingerprint density at radius 1 is 1.17 bits per heavy atom. The smallest absolute Gasteiger partial charge is 0.123 e. The fraction of sp³-hybridized carbons (Fsp3) is 0.143. The van der Waals surface area contributed by atoms with Gasteiger partial charge in [0.2, 0.25) is 0 Å². The van der Waals surface area contributed by atoms with E-state index >= 15 is 0 Å². The number of thioether (sulfide) groups is 1. The predicted octanol–water partition coefficient (Wildman–Crippen LogP) is 3.52. The van der Waals surface area contributed by atoms with E-state index in [1.807, 2.05) is 12.1 Å². The van der Waals surface area contributed by atoms with Gasteiger partial charge in [-0.15, -0.1) is 23.1 Å². The molecule has 1 aromatic carbocycles. The van der Waals surface area contributed by atoms with E-state index in [1.54, 1.807) is 35.2 Å². The molecular weight excluding hydrogens is 267 g/mol. The Labute approximate surface area is 114 Å². The zero-order valence-electron chi connectivity index (χ0n) is 9.52. The molecule has 0 spiro atoms. The van der Waals surface area contributed by atoms with Crippen LogP contribution in [0, 0.1) is 17.7 Å². The van der Waals surface area contributed by atoms with Crippen molar-refractivity contribution in [1.82, 2.24) is 0 Å². The summed E-state index contributed by atoms with van der Waals surface area (Å²) >= 11 is 3.28. The first kappa shape index (κ1) is 13.2. The van der Waals surface area contributed by atoms with Crippen LogP contribution in [0.2, 0.25) is 0 Å². The second-order valence-electron chi connectivity index (χ2n) is 3.47. The second-order valence-corrected chi connectivity index (χ2v) is 5.69. The Morgan fingerprint density at radius 2 is 1.94 bits per heavy atom. The van der Waals surface area contributed by atoms with E-state index in [9.17, 15) is 4.39 Å². The van der Waals surface area contributed by atoms with Gasteiger partial charge in [0.15, 0.2) is 0 Å². The lowest BCUT2D eigenvalue weighted by atomic mass is 10.4. The van der Waals surface area contributed by atoms with Crippen molar-refractivity contribution in [2.75, 3.05) is 6.61 Å². The van der Waals surface area contributed by atoms with E-state index in [0.717, 1.165) is 15.5 Å². The fourth-order valence-electron chi connectivity index (χ4n) is 1.33. The van der Waals surface area contributed by atoms with Crippen molar-refractivity contribution in [3.8, 4) is 11.8 Å². The highest BCUT2D eigenvalue weighted by Crippen LogP contribution is 2.26. The van der Waals surface area contributed by atoms with Gasteiger partial charge in [0.05, 0.1) is 4.88 Å². The number of aliphatic hydroxyl groups is 1. The molecule has 18 heavy (non-hydrogen) atoms. The van der Waals surface area contributed by atoms with Crippen molar-refractivity contribution >= 4 is 23.1 Å². The Morgan fingerprint density at radius 3 is 2.67 bits per heavy atom. The molecule has 0 aliphatic carbocycles. The summed E-state index contributed by atoms with van der Waals surface area (Å²) in [6, 6.07) is 10.5. The van der Waals surface area contributed by atoms with Gasteiger partial charge in [-0.2, -0.15) is 0 Å². The van der Waals surface area contributed by atoms with Gasteiger partial charge in [-0.05, 0) is 36.4 Å². The molecule has 2 aromatic rings. The summed E-state index contributed by atoms with van der Waals surface area (Å²) < 4.78 is 12.7. The van der Waals surface area contributed by atoms with Crippen LogP contribution in [0.5, 0.6) is 0 Å². The van der Waals surface area contributed by atoms with Crippen LogP contribution in [-0.2, 0) is 5.75 Å². The summed E-state index contributed by atoms with van der Waals surface area (Å²) in [4.78, 5) is 3.22. The number of hydrogen-bond acceptors (Lipinski definition) is 3. The van der Waals surface area contributed by atoms with Crippen LogP contribution in [0.15, 0.2) is 41.3 Å². The standard InChI is InChI=1S/C14H11FOS2/c15-11-3-5-12(6-4-11)17-10-14-8-7-13(18-14)2-1-9-16/h3-8,16H,9-10H2. The van der Waals surface area contributed by atoms with E-state index in [2.05, 4.69) is 11.8 Å². The lowest BCUT2D eigenvalue weighted by Gasteiger charge is -1.98. The molecule has 0 unspecified atom stereocenters. The van der Waals surface area contributed by atoms with Gasteiger partial charge in [-0.3, -0.25) is 0 Å². The normalized spacial score (nSPS) is 9.89. The van der Waals surface area contributed by atoms with Gasteiger partial charge < -0.3 is 5.11 Å². The van der Waals surface area contributed by atoms with Crippen molar-refractivity contribution in [2.24, 2.45) is 0 Å². The van der Waals surface area contributed by atoms with E-state index in [4.69, 9.17) is 5.11 Å². The van der Waals surface area contributed by atoms with Gasteiger partial charge in [0.25, 0.3) is 0 Å². The third-order valence-corrected chi connectivity index (χ3v) is 4.39. The Hall–Kier alpha value is -1.28. The molecule has 0 saturated carbocycles. The molecule has 2 rings (SSSR count). The van der Waals surface area contributed by atoms with Gasteiger partial charge in [0.1, 0.15) is 12.4 Å². The summed E-state index contributed by atoms with van der Waals surface area (Å²) in [7, 11) is 0. The van der Waals surface area contributed by atoms with E-state index in [1.165, 1.54) is 17.0 Å². The Bertz CT molecular complexity index is 563. The second kappa shape index (κ2) is 6.60. The molecule has 4 heteroatoms. The van der Waals surface area contributed by atoms with Gasteiger partial charge in [0, 0.05) is 15.5 Å². The molecule has 0 fully saturated rings. The molecule has 0 radical (unpaired) electrons. The average molecular weight is 278 g/mol. The van der Waals surface area contributed by atoms with E-state index < -0.39 is 0 Å². The zero-order valence-corrected chi connectivity index (χ0v) is 11.2. The minimum Gasteiger partial charge on any atom is -0.384 e. The Kier molecular flexibility index (Phi) is 4.82. The molecule has 92 valence electrons. The highest BCUT2D eigenvalue weighted by Gasteiger charge is 2.00. The number of benzene rings is 1. The molecule has 0 aliphatic heterocycles. The van der Waals surface area contributed by atoms with Gasteiger partial charge in [-0.25, -0.2) is 4.39 Å². The maximum atomic E-state index is 12.7. The summed E-state index contributed by atoms with van der Waals surface area (Å²) in [5.41, 5.74) is 0. The van der Waals surface area contributed by atoms with E-state index in [0.29, 0.717) is 0 Å². The van der Waals surface area contributed by atoms with Crippen molar-refractivity contribution < 1.29 is 9.50 Å². The molecular formula is C14H11FOS2. The van der Waals surface area contributed by atoms with Crippen molar-refractivity contribution in [2.45, 2.75) is 10.6 Å². The summed E-state index contributed by atoms with van der Waals surface area (Å²) in [5, 5.41) is 8.61. The molecule has 0 bridgehead atoms. The average Bonchev–Trinajstić information content (AvgIpc) is 2.84. The maximum Gasteiger partial charge on any atom is 0.123 e. The molecule has 1 nitrogen and oxygen atoms in total. The Balaban J connectivity index is 1.94. The van der Waals surface area contributed by atoms with Crippen LogP contribution in [0.4, 0.5) is 4.39 Å². The lowest BCUT2D eigenvalue weighted by molar-refractivity contribution is 0.350. The third-order valence-electron chi connectivity index (χ3n) is 2.15. The highest BCUT2D eigenvalue weighted by molar-refractivity contribution is 7.98. The minimum atomic E-state index is -0.211. The lowest BCUT2D eigenvalue weighted by Crippen LogP contribution is -1.76. The minimum absolute atomic E-state index is 0.114. The molecule has 0 saturated heterocycles. The van der Waals surface area contributed by atoms with Crippen molar-refractivity contribution in [3.05, 3.63) is 52.0 Å². The number of rotatable bonds is 3.